The van der Waals surface area contributed by atoms with E-state index in [0.29, 0.717) is 20.7 Å². The second kappa shape index (κ2) is 7.36. The molecule has 1 N–H and O–H groups in total. The van der Waals surface area contributed by atoms with Crippen LogP contribution in [0, 0.1) is 5.41 Å². The molecule has 4 heterocycles. The number of carbonyl (C=O) groups excluding carboxylic acids is 1. The number of hydrogen-bond donors (Lipinski definition) is 1. The number of piperidine rings is 1. The van der Waals surface area contributed by atoms with Gasteiger partial charge in [0.25, 0.3) is 0 Å². The summed E-state index contributed by atoms with van der Waals surface area (Å²) in [4.78, 5) is 15.6. The van der Waals surface area contributed by atoms with Gasteiger partial charge in [-0.25, -0.2) is 0 Å². The van der Waals surface area contributed by atoms with E-state index in [1.807, 2.05) is 19.1 Å². The fourth-order valence-corrected chi connectivity index (χ4v) is 5.11. The van der Waals surface area contributed by atoms with Crippen LogP contribution in [0.5, 0.6) is 0 Å². The number of Topliss-reactive ketones (excluding diaryl/α,β-unsaturated/α-hetero) is 1. The lowest BCUT2D eigenvalue weighted by molar-refractivity contribution is -0.114. The number of nitrogens with one attached hydrogen (secondary N) is 1. The van der Waals surface area contributed by atoms with E-state index in [4.69, 9.17) is 9.83 Å². The summed E-state index contributed by atoms with van der Waals surface area (Å²) < 4.78 is 5.92. The summed E-state index contributed by atoms with van der Waals surface area (Å²) in [5, 5.41) is 18.2. The molecule has 1 unspecified atom stereocenters. The average molecular weight is 389 g/mol. The smallest absolute Gasteiger partial charge is 0.196 e. The molecular formula is C18H20N4O2S2. The van der Waals surface area contributed by atoms with Crippen LogP contribution in [0.25, 0.3) is 6.08 Å². The molecule has 0 aromatic carbocycles. The third-order valence-electron chi connectivity index (χ3n) is 4.57. The van der Waals surface area contributed by atoms with Gasteiger partial charge in [0.2, 0.25) is 0 Å². The number of anilines is 1. The van der Waals surface area contributed by atoms with E-state index in [-0.39, 0.29) is 5.78 Å². The molecule has 0 aliphatic carbocycles. The lowest BCUT2D eigenvalue weighted by Gasteiger charge is -2.25. The first kappa shape index (κ1) is 17.5. The Morgan fingerprint density at radius 3 is 2.85 bits per heavy atom. The van der Waals surface area contributed by atoms with Crippen molar-refractivity contribution < 1.29 is 9.21 Å². The number of thioether (sulfide) groups is 1. The number of aryl methyl sites for hydroxylation is 1. The van der Waals surface area contributed by atoms with Crippen molar-refractivity contribution in [3.8, 4) is 0 Å². The summed E-state index contributed by atoms with van der Waals surface area (Å²) in [5.41, 5.74) is 0. The molecule has 2 aromatic heterocycles. The third-order valence-corrected chi connectivity index (χ3v) is 6.70. The van der Waals surface area contributed by atoms with Crippen molar-refractivity contribution in [2.75, 3.05) is 18.0 Å². The van der Waals surface area contributed by atoms with Gasteiger partial charge in [-0.1, -0.05) is 18.7 Å². The first-order valence-corrected chi connectivity index (χ1v) is 10.5. The summed E-state index contributed by atoms with van der Waals surface area (Å²) in [6.07, 6.45) is 6.18. The zero-order valence-corrected chi connectivity index (χ0v) is 16.2. The van der Waals surface area contributed by atoms with Gasteiger partial charge in [0.15, 0.2) is 11.7 Å². The van der Waals surface area contributed by atoms with E-state index in [1.54, 1.807) is 6.08 Å². The fraction of sp³-hybridized carbons (Fsp3) is 0.444. The maximum absolute atomic E-state index is 12.8. The quantitative estimate of drug-likeness (QED) is 0.794. The van der Waals surface area contributed by atoms with E-state index in [1.165, 1.54) is 42.4 Å². The normalized spacial score (nSPS) is 22.6. The minimum atomic E-state index is -0.611. The second-order valence-electron chi connectivity index (χ2n) is 6.38. The van der Waals surface area contributed by atoms with E-state index in [9.17, 15) is 4.79 Å². The predicted molar refractivity (Wildman–Crippen MR) is 105 cm³/mol. The number of nitrogens with zero attached hydrogens (tertiary/aromatic N) is 3. The zero-order valence-electron chi connectivity index (χ0n) is 14.5. The zero-order chi connectivity index (χ0) is 18.1. The van der Waals surface area contributed by atoms with Gasteiger partial charge in [-0.3, -0.25) is 10.2 Å². The number of carbonyl (C=O) groups is 1. The molecule has 2 fully saturated rings. The molecule has 136 valence electrons. The van der Waals surface area contributed by atoms with Gasteiger partial charge in [-0.2, -0.15) is 0 Å². The van der Waals surface area contributed by atoms with Crippen LogP contribution in [-0.4, -0.2) is 34.1 Å². The third kappa shape index (κ3) is 3.35. The van der Waals surface area contributed by atoms with Crippen molar-refractivity contribution in [2.24, 2.45) is 0 Å². The van der Waals surface area contributed by atoms with Crippen LogP contribution in [0.15, 0.2) is 21.5 Å². The van der Waals surface area contributed by atoms with E-state index < -0.39 is 5.92 Å². The SMILES string of the molecule is CCc1nnc(C2C(=N)SC(=Cc3ccc(N4CCCCC4)o3)C2=O)s1. The Morgan fingerprint density at radius 1 is 1.31 bits per heavy atom. The number of furan rings is 1. The summed E-state index contributed by atoms with van der Waals surface area (Å²) in [6.45, 7) is 4.03. The molecule has 4 rings (SSSR count). The van der Waals surface area contributed by atoms with Gasteiger partial charge >= 0.3 is 0 Å². The highest BCUT2D eigenvalue weighted by molar-refractivity contribution is 8.19. The molecule has 2 aromatic rings. The number of hydrogen-bond acceptors (Lipinski definition) is 8. The Morgan fingerprint density at radius 2 is 2.12 bits per heavy atom. The van der Waals surface area contributed by atoms with Crippen LogP contribution in [0.4, 0.5) is 5.88 Å². The highest BCUT2D eigenvalue weighted by atomic mass is 32.2. The minimum absolute atomic E-state index is 0.0882. The second-order valence-corrected chi connectivity index (χ2v) is 8.56. The van der Waals surface area contributed by atoms with Crippen LogP contribution in [0.3, 0.4) is 0 Å². The van der Waals surface area contributed by atoms with Crippen molar-refractivity contribution in [3.63, 3.8) is 0 Å². The first-order chi connectivity index (χ1) is 12.7. The predicted octanol–water partition coefficient (Wildman–Crippen LogP) is 4.10. The van der Waals surface area contributed by atoms with Crippen molar-refractivity contribution in [2.45, 2.75) is 38.5 Å². The Labute approximate surface area is 160 Å². The maximum atomic E-state index is 12.8. The molecule has 0 radical (unpaired) electrons. The van der Waals surface area contributed by atoms with Crippen LogP contribution in [0.1, 0.15) is 47.9 Å². The summed E-state index contributed by atoms with van der Waals surface area (Å²) >= 11 is 2.61. The molecule has 26 heavy (non-hydrogen) atoms. The largest absolute Gasteiger partial charge is 0.441 e. The monoisotopic (exact) mass is 388 g/mol. The molecule has 2 aliphatic rings. The van der Waals surface area contributed by atoms with E-state index in [0.717, 1.165) is 30.4 Å². The average Bonchev–Trinajstić information content (AvgIpc) is 3.36. The number of aromatic nitrogens is 2. The van der Waals surface area contributed by atoms with Crippen molar-refractivity contribution >= 4 is 45.9 Å². The lowest BCUT2D eigenvalue weighted by Crippen LogP contribution is -2.28. The van der Waals surface area contributed by atoms with Gasteiger partial charge in [0.05, 0.1) is 9.95 Å². The van der Waals surface area contributed by atoms with Gasteiger partial charge < -0.3 is 9.32 Å². The van der Waals surface area contributed by atoms with Gasteiger partial charge in [0, 0.05) is 19.2 Å². The number of ketones is 1. The molecule has 8 heteroatoms. The Bertz CT molecular complexity index is 864. The number of rotatable bonds is 4. The molecule has 0 bridgehead atoms. The minimum Gasteiger partial charge on any atom is -0.441 e. The van der Waals surface area contributed by atoms with Gasteiger partial charge in [-0.05, 0) is 37.8 Å². The van der Waals surface area contributed by atoms with Crippen LogP contribution < -0.4 is 4.90 Å². The van der Waals surface area contributed by atoms with Crippen LogP contribution in [-0.2, 0) is 11.2 Å². The molecule has 1 atom stereocenters. The van der Waals surface area contributed by atoms with Crippen LogP contribution >= 0.6 is 23.1 Å². The number of allylic oxidation sites excluding steroid dienone is 1. The molecule has 0 spiro atoms. The highest BCUT2D eigenvalue weighted by Crippen LogP contribution is 2.41. The van der Waals surface area contributed by atoms with Crippen molar-refractivity contribution in [3.05, 3.63) is 32.8 Å². The molecule has 0 saturated carbocycles. The Hall–Kier alpha value is -1.93. The van der Waals surface area contributed by atoms with Gasteiger partial charge in [-0.15, -0.1) is 21.5 Å². The summed E-state index contributed by atoms with van der Waals surface area (Å²) in [6, 6.07) is 3.85. The molecule has 2 aliphatic heterocycles. The highest BCUT2D eigenvalue weighted by Gasteiger charge is 2.39. The fourth-order valence-electron chi connectivity index (χ4n) is 3.17. The molecule has 2 saturated heterocycles. The molecule has 0 amide bonds. The summed E-state index contributed by atoms with van der Waals surface area (Å²) in [5.74, 6) is 0.812. The van der Waals surface area contributed by atoms with Crippen molar-refractivity contribution in [1.29, 1.82) is 5.41 Å². The maximum Gasteiger partial charge on any atom is 0.196 e. The van der Waals surface area contributed by atoms with E-state index >= 15 is 0 Å². The topological polar surface area (TPSA) is 83.1 Å². The van der Waals surface area contributed by atoms with Crippen molar-refractivity contribution in [1.82, 2.24) is 10.2 Å². The van der Waals surface area contributed by atoms with E-state index in [2.05, 4.69) is 15.1 Å². The molecule has 6 nitrogen and oxygen atoms in total. The first-order valence-electron chi connectivity index (χ1n) is 8.85. The Balaban J connectivity index is 1.53. The lowest BCUT2D eigenvalue weighted by atomic mass is 10.1. The Kier molecular flexibility index (Phi) is 4.95. The van der Waals surface area contributed by atoms with Gasteiger partial charge in [0.1, 0.15) is 21.7 Å². The van der Waals surface area contributed by atoms with Crippen LogP contribution in [0.2, 0.25) is 0 Å². The standard InChI is InChI=1S/C18H20N4O2S2/c1-2-13-20-21-18(26-13)15-16(23)12(25-17(15)19)10-11-6-7-14(24-11)22-8-4-3-5-9-22/h6-7,10,15,19H,2-5,8-9H2,1H3. The molecular weight excluding hydrogens is 368 g/mol. The summed E-state index contributed by atoms with van der Waals surface area (Å²) in [7, 11) is 0.